The van der Waals surface area contributed by atoms with Gasteiger partial charge in [-0.1, -0.05) is 30.3 Å². The smallest absolute Gasteiger partial charge is 0.309 e. The molecule has 1 aromatic rings. The molecule has 3 nitrogen and oxygen atoms in total. The van der Waals surface area contributed by atoms with E-state index in [0.29, 0.717) is 13.0 Å². The molecule has 1 N–H and O–H groups in total. The van der Waals surface area contributed by atoms with Gasteiger partial charge < -0.3 is 9.84 Å². The van der Waals surface area contributed by atoms with Crippen molar-refractivity contribution in [1.82, 2.24) is 0 Å². The highest BCUT2D eigenvalue weighted by Crippen LogP contribution is 2.24. The van der Waals surface area contributed by atoms with Gasteiger partial charge in [0.2, 0.25) is 0 Å². The Morgan fingerprint density at radius 3 is 2.67 bits per heavy atom. The van der Waals surface area contributed by atoms with Crippen LogP contribution in [0.2, 0.25) is 0 Å². The number of carbonyl (C=O) groups is 1. The number of hydrogen-bond donors (Lipinski definition) is 1. The Hall–Kier alpha value is -1.35. The summed E-state index contributed by atoms with van der Waals surface area (Å²) in [7, 11) is 0. The Bertz CT molecular complexity index is 330. The predicted octanol–water partition coefficient (Wildman–Crippen LogP) is 1.72. The Morgan fingerprint density at radius 1 is 1.47 bits per heavy atom. The third-order valence-electron chi connectivity index (χ3n) is 2.71. The second-order valence-corrected chi connectivity index (χ2v) is 3.84. The molecule has 2 rings (SSSR count). The van der Waals surface area contributed by atoms with Crippen LogP contribution in [0.1, 0.15) is 12.0 Å². The first-order valence-corrected chi connectivity index (χ1v) is 5.15. The lowest BCUT2D eigenvalue weighted by molar-refractivity contribution is -0.142. The first kappa shape index (κ1) is 10.2. The highest BCUT2D eigenvalue weighted by Gasteiger charge is 2.37. The molecule has 15 heavy (non-hydrogen) atoms. The van der Waals surface area contributed by atoms with E-state index >= 15 is 0 Å². The molecule has 0 bridgehead atoms. The number of rotatable bonds is 5. The number of hydrogen-bond acceptors (Lipinski definition) is 2. The van der Waals surface area contributed by atoms with Gasteiger partial charge in [-0.2, -0.15) is 0 Å². The van der Waals surface area contributed by atoms with Gasteiger partial charge in [-0.3, -0.25) is 4.79 Å². The Kier molecular flexibility index (Phi) is 3.02. The van der Waals surface area contributed by atoms with Gasteiger partial charge in [-0.15, -0.1) is 0 Å². The van der Waals surface area contributed by atoms with Crippen LogP contribution in [0.25, 0.3) is 0 Å². The zero-order valence-corrected chi connectivity index (χ0v) is 8.43. The molecule has 0 radical (unpaired) electrons. The Balaban J connectivity index is 1.88. The summed E-state index contributed by atoms with van der Waals surface area (Å²) in [5.41, 5.74) is 1.18. The Labute approximate surface area is 88.7 Å². The quantitative estimate of drug-likeness (QED) is 0.746. The topological polar surface area (TPSA) is 49.8 Å². The number of benzene rings is 1. The summed E-state index contributed by atoms with van der Waals surface area (Å²) in [5, 5.41) is 8.98. The number of ether oxygens (including phenoxy) is 1. The molecule has 0 aliphatic carbocycles. The fourth-order valence-electron chi connectivity index (χ4n) is 1.72. The molecule has 1 aliphatic rings. The normalized spacial score (nSPS) is 20.9. The number of carboxylic acid groups (broad SMARTS) is 1. The maximum atomic E-state index is 10.9. The summed E-state index contributed by atoms with van der Waals surface area (Å²) in [6.07, 6.45) is 1.41. The molecule has 0 saturated carbocycles. The van der Waals surface area contributed by atoms with Gasteiger partial charge in [-0.25, -0.2) is 0 Å². The second-order valence-electron chi connectivity index (χ2n) is 3.84. The maximum absolute atomic E-state index is 10.9. The highest BCUT2D eigenvalue weighted by atomic mass is 16.6. The van der Waals surface area contributed by atoms with Crippen LogP contribution in [0.4, 0.5) is 0 Å². The van der Waals surface area contributed by atoms with Crippen LogP contribution in [-0.2, 0) is 16.0 Å². The fourth-order valence-corrected chi connectivity index (χ4v) is 1.72. The Morgan fingerprint density at radius 2 is 2.13 bits per heavy atom. The van der Waals surface area contributed by atoms with Crippen molar-refractivity contribution in [1.29, 1.82) is 0 Å². The molecule has 3 heteroatoms. The molecule has 1 saturated heterocycles. The molecule has 0 amide bonds. The summed E-state index contributed by atoms with van der Waals surface area (Å²) < 4.78 is 5.04. The minimum Gasteiger partial charge on any atom is -0.481 e. The van der Waals surface area contributed by atoms with Crippen LogP contribution < -0.4 is 0 Å². The van der Waals surface area contributed by atoms with Crippen LogP contribution >= 0.6 is 0 Å². The summed E-state index contributed by atoms with van der Waals surface area (Å²) in [4.78, 5) is 10.9. The summed E-state index contributed by atoms with van der Waals surface area (Å²) in [6, 6.07) is 9.94. The number of epoxide rings is 1. The van der Waals surface area contributed by atoms with Gasteiger partial charge >= 0.3 is 5.97 Å². The zero-order valence-electron chi connectivity index (χ0n) is 8.43. The number of carboxylic acids is 1. The van der Waals surface area contributed by atoms with Gasteiger partial charge in [0.05, 0.1) is 18.6 Å². The third kappa shape index (κ3) is 2.80. The average Bonchev–Trinajstić information content (AvgIpc) is 3.03. The van der Waals surface area contributed by atoms with Gasteiger partial charge in [0.15, 0.2) is 0 Å². The van der Waals surface area contributed by atoms with Crippen molar-refractivity contribution in [3.63, 3.8) is 0 Å². The molecule has 1 aromatic carbocycles. The van der Waals surface area contributed by atoms with Crippen LogP contribution in [0.15, 0.2) is 30.3 Å². The van der Waals surface area contributed by atoms with E-state index in [1.54, 1.807) is 0 Å². The molecule has 0 spiro atoms. The molecular formula is C12H14O3. The molecular weight excluding hydrogens is 192 g/mol. The molecule has 0 unspecified atom stereocenters. The lowest BCUT2D eigenvalue weighted by Gasteiger charge is -2.08. The predicted molar refractivity (Wildman–Crippen MR) is 55.6 cm³/mol. The van der Waals surface area contributed by atoms with Crippen LogP contribution in [0.3, 0.4) is 0 Å². The second kappa shape index (κ2) is 4.45. The van der Waals surface area contributed by atoms with Crippen molar-refractivity contribution in [3.8, 4) is 0 Å². The van der Waals surface area contributed by atoms with Gasteiger partial charge in [-0.05, 0) is 18.4 Å². The zero-order chi connectivity index (χ0) is 10.7. The van der Waals surface area contributed by atoms with Gasteiger partial charge in [0, 0.05) is 0 Å². The molecule has 1 aliphatic heterocycles. The van der Waals surface area contributed by atoms with E-state index in [4.69, 9.17) is 9.84 Å². The van der Waals surface area contributed by atoms with Crippen molar-refractivity contribution in [2.45, 2.75) is 18.9 Å². The largest absolute Gasteiger partial charge is 0.481 e. The van der Waals surface area contributed by atoms with E-state index in [-0.39, 0.29) is 12.0 Å². The first-order valence-electron chi connectivity index (χ1n) is 5.15. The van der Waals surface area contributed by atoms with E-state index in [2.05, 4.69) is 0 Å². The van der Waals surface area contributed by atoms with Crippen molar-refractivity contribution in [3.05, 3.63) is 35.9 Å². The van der Waals surface area contributed by atoms with Gasteiger partial charge in [0.1, 0.15) is 0 Å². The monoisotopic (exact) mass is 206 g/mol. The van der Waals surface area contributed by atoms with Crippen LogP contribution in [0, 0.1) is 5.92 Å². The summed E-state index contributed by atoms with van der Waals surface area (Å²) >= 11 is 0. The minimum absolute atomic E-state index is 0.0498. The van der Waals surface area contributed by atoms with Crippen LogP contribution in [0.5, 0.6) is 0 Å². The summed E-state index contributed by atoms with van der Waals surface area (Å²) in [6.45, 7) is 0.603. The maximum Gasteiger partial charge on any atom is 0.309 e. The van der Waals surface area contributed by atoms with E-state index in [9.17, 15) is 4.79 Å². The van der Waals surface area contributed by atoms with E-state index in [1.165, 1.54) is 5.56 Å². The third-order valence-corrected chi connectivity index (χ3v) is 2.71. The number of aliphatic carboxylic acids is 1. The standard InChI is InChI=1S/C12H14O3/c13-12(14)10(11-8-15-11)7-6-9-4-2-1-3-5-9/h1-5,10-11H,6-8H2,(H,13,14)/t10-,11-/m0/s1. The van der Waals surface area contributed by atoms with Crippen molar-refractivity contribution in [2.24, 2.45) is 5.92 Å². The molecule has 2 atom stereocenters. The molecule has 80 valence electrons. The van der Waals surface area contributed by atoms with E-state index < -0.39 is 5.97 Å². The lowest BCUT2D eigenvalue weighted by atomic mass is 9.97. The van der Waals surface area contributed by atoms with E-state index in [0.717, 1.165) is 6.42 Å². The molecule has 1 fully saturated rings. The average molecular weight is 206 g/mol. The van der Waals surface area contributed by atoms with Gasteiger partial charge in [0.25, 0.3) is 0 Å². The minimum atomic E-state index is -0.742. The first-order chi connectivity index (χ1) is 7.27. The fraction of sp³-hybridized carbons (Fsp3) is 0.417. The molecule has 1 heterocycles. The van der Waals surface area contributed by atoms with E-state index in [1.807, 2.05) is 30.3 Å². The number of aryl methyl sites for hydroxylation is 1. The van der Waals surface area contributed by atoms with Crippen LogP contribution in [-0.4, -0.2) is 23.8 Å². The molecule has 0 aromatic heterocycles. The lowest BCUT2D eigenvalue weighted by Crippen LogP contribution is -2.20. The van der Waals surface area contributed by atoms with Crippen molar-refractivity contribution >= 4 is 5.97 Å². The van der Waals surface area contributed by atoms with Crippen molar-refractivity contribution in [2.75, 3.05) is 6.61 Å². The SMILES string of the molecule is O=C(O)[C@@H](CCc1ccccc1)[C@@H]1CO1. The van der Waals surface area contributed by atoms with Crippen molar-refractivity contribution < 1.29 is 14.6 Å². The summed E-state index contributed by atoms with van der Waals surface area (Å²) in [5.74, 6) is -1.08. The highest BCUT2D eigenvalue weighted by molar-refractivity contribution is 5.71.